The fraction of sp³-hybridized carbons (Fsp3) is 0.917. The molecule has 0 aromatic heterocycles. The number of amides is 1. The highest BCUT2D eigenvalue weighted by molar-refractivity contribution is 5.81. The van der Waals surface area contributed by atoms with E-state index in [4.69, 9.17) is 0 Å². The fourth-order valence-electron chi connectivity index (χ4n) is 1.61. The van der Waals surface area contributed by atoms with Crippen LogP contribution >= 0.6 is 0 Å². The Morgan fingerprint density at radius 3 is 2.73 bits per heavy atom. The van der Waals surface area contributed by atoms with Crippen molar-refractivity contribution >= 4 is 5.91 Å². The molecular formula is C12H24N2O. The third-order valence-corrected chi connectivity index (χ3v) is 2.88. The van der Waals surface area contributed by atoms with E-state index in [9.17, 15) is 4.79 Å². The van der Waals surface area contributed by atoms with Gasteiger partial charge in [-0.3, -0.25) is 4.79 Å². The van der Waals surface area contributed by atoms with Crippen molar-refractivity contribution in [3.63, 3.8) is 0 Å². The maximum Gasteiger partial charge on any atom is 0.236 e. The summed E-state index contributed by atoms with van der Waals surface area (Å²) in [5, 5.41) is 6.16. The number of rotatable bonds is 8. The minimum atomic E-state index is -0.0456. The van der Waals surface area contributed by atoms with Gasteiger partial charge in [0.2, 0.25) is 5.91 Å². The molecular weight excluding hydrogens is 188 g/mol. The van der Waals surface area contributed by atoms with Gasteiger partial charge in [0, 0.05) is 6.54 Å². The van der Waals surface area contributed by atoms with Gasteiger partial charge in [-0.2, -0.15) is 0 Å². The molecule has 0 aliphatic heterocycles. The fourth-order valence-corrected chi connectivity index (χ4v) is 1.61. The van der Waals surface area contributed by atoms with E-state index >= 15 is 0 Å². The van der Waals surface area contributed by atoms with E-state index in [2.05, 4.69) is 17.6 Å². The van der Waals surface area contributed by atoms with Crippen LogP contribution in [0.1, 0.15) is 46.0 Å². The number of nitrogens with one attached hydrogen (secondary N) is 2. The Morgan fingerprint density at radius 2 is 2.13 bits per heavy atom. The van der Waals surface area contributed by atoms with Crippen LogP contribution in [0.15, 0.2) is 0 Å². The molecule has 1 aliphatic rings. The second-order valence-electron chi connectivity index (χ2n) is 4.55. The molecule has 0 radical (unpaired) electrons. The topological polar surface area (TPSA) is 41.1 Å². The van der Waals surface area contributed by atoms with Crippen LogP contribution in [0, 0.1) is 5.92 Å². The average Bonchev–Trinajstić information content (AvgIpc) is 3.04. The Labute approximate surface area is 93.0 Å². The Morgan fingerprint density at radius 1 is 1.40 bits per heavy atom. The predicted molar refractivity (Wildman–Crippen MR) is 62.7 cm³/mol. The molecule has 0 aromatic rings. The molecule has 1 rings (SSSR count). The van der Waals surface area contributed by atoms with Gasteiger partial charge in [-0.25, -0.2) is 0 Å². The van der Waals surface area contributed by atoms with Crippen LogP contribution in [0.5, 0.6) is 0 Å². The normalized spacial score (nSPS) is 17.5. The van der Waals surface area contributed by atoms with Gasteiger partial charge in [0.1, 0.15) is 0 Å². The molecule has 1 amide bonds. The van der Waals surface area contributed by atoms with E-state index in [-0.39, 0.29) is 11.9 Å². The molecule has 0 bridgehead atoms. The van der Waals surface area contributed by atoms with Crippen LogP contribution in [0.4, 0.5) is 0 Å². The highest BCUT2D eigenvalue weighted by Crippen LogP contribution is 2.33. The van der Waals surface area contributed by atoms with Crippen molar-refractivity contribution in [3.8, 4) is 0 Å². The molecule has 3 heteroatoms. The van der Waals surface area contributed by atoms with Gasteiger partial charge in [0.25, 0.3) is 0 Å². The van der Waals surface area contributed by atoms with Gasteiger partial charge in [-0.1, -0.05) is 19.8 Å². The first-order chi connectivity index (χ1) is 7.24. The lowest BCUT2D eigenvalue weighted by molar-refractivity contribution is -0.122. The van der Waals surface area contributed by atoms with Gasteiger partial charge in [-0.15, -0.1) is 0 Å². The first-order valence-corrected chi connectivity index (χ1v) is 6.25. The molecule has 1 fully saturated rings. The summed E-state index contributed by atoms with van der Waals surface area (Å²) in [5.41, 5.74) is 0. The van der Waals surface area contributed by atoms with E-state index in [0.29, 0.717) is 0 Å². The molecule has 15 heavy (non-hydrogen) atoms. The quantitative estimate of drug-likeness (QED) is 0.601. The lowest BCUT2D eigenvalue weighted by atomic mass is 10.2. The SMILES string of the molecule is CCCNC(=O)C(C)NCCCC1CC1. The molecule has 1 aliphatic carbocycles. The van der Waals surface area contributed by atoms with Crippen LogP contribution in [0.25, 0.3) is 0 Å². The van der Waals surface area contributed by atoms with Crippen molar-refractivity contribution in [1.82, 2.24) is 10.6 Å². The molecule has 0 spiro atoms. The molecule has 1 atom stereocenters. The van der Waals surface area contributed by atoms with E-state index in [1.807, 2.05) is 6.92 Å². The number of hydrogen-bond donors (Lipinski definition) is 2. The van der Waals surface area contributed by atoms with Crippen LogP contribution in [-0.2, 0) is 4.79 Å². The predicted octanol–water partition coefficient (Wildman–Crippen LogP) is 1.68. The minimum Gasteiger partial charge on any atom is -0.355 e. The first-order valence-electron chi connectivity index (χ1n) is 6.25. The Balaban J connectivity index is 1.95. The largest absolute Gasteiger partial charge is 0.355 e. The Bertz CT molecular complexity index is 190. The van der Waals surface area contributed by atoms with Crippen molar-refractivity contribution in [2.24, 2.45) is 5.92 Å². The van der Waals surface area contributed by atoms with E-state index in [0.717, 1.165) is 25.4 Å². The minimum absolute atomic E-state index is 0.0456. The maximum absolute atomic E-state index is 11.5. The zero-order valence-corrected chi connectivity index (χ0v) is 10.0. The number of hydrogen-bond acceptors (Lipinski definition) is 2. The van der Waals surface area contributed by atoms with Gasteiger partial charge < -0.3 is 10.6 Å². The summed E-state index contributed by atoms with van der Waals surface area (Å²) in [7, 11) is 0. The van der Waals surface area contributed by atoms with E-state index in [1.165, 1.54) is 25.7 Å². The van der Waals surface area contributed by atoms with Gasteiger partial charge in [0.15, 0.2) is 0 Å². The summed E-state index contributed by atoms with van der Waals surface area (Å²) in [5.74, 6) is 1.12. The molecule has 0 heterocycles. The third kappa shape index (κ3) is 5.78. The summed E-state index contributed by atoms with van der Waals surface area (Å²) in [6.45, 7) is 5.75. The number of carbonyl (C=O) groups is 1. The smallest absolute Gasteiger partial charge is 0.236 e. The van der Waals surface area contributed by atoms with Gasteiger partial charge in [-0.05, 0) is 38.6 Å². The van der Waals surface area contributed by atoms with Crippen molar-refractivity contribution < 1.29 is 4.79 Å². The molecule has 0 aromatic carbocycles. The summed E-state index contributed by atoms with van der Waals surface area (Å²) < 4.78 is 0. The van der Waals surface area contributed by atoms with Crippen LogP contribution < -0.4 is 10.6 Å². The highest BCUT2D eigenvalue weighted by atomic mass is 16.2. The third-order valence-electron chi connectivity index (χ3n) is 2.88. The standard InChI is InChI=1S/C12H24N2O/c1-3-8-14-12(15)10(2)13-9-4-5-11-6-7-11/h10-11,13H,3-9H2,1-2H3,(H,14,15). The second kappa shape index (κ2) is 6.83. The van der Waals surface area contributed by atoms with Crippen molar-refractivity contribution in [2.45, 2.75) is 52.0 Å². The molecule has 2 N–H and O–H groups in total. The molecule has 1 saturated carbocycles. The summed E-state index contributed by atoms with van der Waals surface area (Å²) in [6, 6.07) is -0.0456. The van der Waals surface area contributed by atoms with Crippen LogP contribution in [0.2, 0.25) is 0 Å². The van der Waals surface area contributed by atoms with Crippen LogP contribution in [0.3, 0.4) is 0 Å². The van der Waals surface area contributed by atoms with Crippen molar-refractivity contribution in [3.05, 3.63) is 0 Å². The van der Waals surface area contributed by atoms with Crippen molar-refractivity contribution in [2.75, 3.05) is 13.1 Å². The lowest BCUT2D eigenvalue weighted by Gasteiger charge is -2.13. The molecule has 0 saturated heterocycles. The number of carbonyl (C=O) groups excluding carboxylic acids is 1. The second-order valence-corrected chi connectivity index (χ2v) is 4.55. The zero-order valence-electron chi connectivity index (χ0n) is 10.0. The Kier molecular flexibility index (Phi) is 5.69. The maximum atomic E-state index is 11.5. The molecule has 1 unspecified atom stereocenters. The van der Waals surface area contributed by atoms with Crippen LogP contribution in [-0.4, -0.2) is 25.0 Å². The first kappa shape index (κ1) is 12.5. The lowest BCUT2D eigenvalue weighted by Crippen LogP contribution is -2.42. The van der Waals surface area contributed by atoms with Gasteiger partial charge in [0.05, 0.1) is 6.04 Å². The molecule has 3 nitrogen and oxygen atoms in total. The Hall–Kier alpha value is -0.570. The van der Waals surface area contributed by atoms with Gasteiger partial charge >= 0.3 is 0 Å². The highest BCUT2D eigenvalue weighted by Gasteiger charge is 2.20. The average molecular weight is 212 g/mol. The summed E-state index contributed by atoms with van der Waals surface area (Å²) in [6.07, 6.45) is 6.38. The summed E-state index contributed by atoms with van der Waals surface area (Å²) >= 11 is 0. The van der Waals surface area contributed by atoms with E-state index < -0.39 is 0 Å². The monoisotopic (exact) mass is 212 g/mol. The van der Waals surface area contributed by atoms with Crippen molar-refractivity contribution in [1.29, 1.82) is 0 Å². The summed E-state index contributed by atoms with van der Waals surface area (Å²) in [4.78, 5) is 11.5. The molecule has 88 valence electrons. The van der Waals surface area contributed by atoms with E-state index in [1.54, 1.807) is 0 Å². The zero-order chi connectivity index (χ0) is 11.1.